The van der Waals surface area contributed by atoms with E-state index in [0.29, 0.717) is 24.5 Å². The largest absolute Gasteiger partial charge is 0.417 e. The molecule has 0 amide bonds. The van der Waals surface area contributed by atoms with Crippen LogP contribution in [0.25, 0.3) is 0 Å². The fraction of sp³-hybridized carbons (Fsp3) is 0.375. The molecule has 0 spiro atoms. The molecule has 0 N–H and O–H groups in total. The van der Waals surface area contributed by atoms with Crippen molar-refractivity contribution in [3.8, 4) is 0 Å². The first kappa shape index (κ1) is 20.1. The predicted molar refractivity (Wildman–Crippen MR) is 82.8 cm³/mol. The second-order valence-corrected chi connectivity index (χ2v) is 6.03. The smallest absolute Gasteiger partial charge is 0.351 e. The van der Waals surface area contributed by atoms with E-state index in [1.807, 2.05) is 0 Å². The summed E-state index contributed by atoms with van der Waals surface area (Å²) in [6.45, 7) is 0.268. The summed E-state index contributed by atoms with van der Waals surface area (Å²) in [5, 5.41) is 0. The van der Waals surface area contributed by atoms with Crippen LogP contribution in [0.2, 0.25) is 0 Å². The predicted octanol–water partition coefficient (Wildman–Crippen LogP) is 4.12. The fourth-order valence-corrected chi connectivity index (χ4v) is 2.77. The van der Waals surface area contributed by atoms with E-state index in [4.69, 9.17) is 0 Å². The molecule has 0 aromatic carbocycles. The highest BCUT2D eigenvalue weighted by Crippen LogP contribution is 2.32. The zero-order valence-electron chi connectivity index (χ0n) is 14.0. The van der Waals surface area contributed by atoms with Gasteiger partial charge in [-0.15, -0.1) is 0 Å². The SMILES string of the molecule is Fc1cc(C(F)(F)F)cnc1N1CCN(c2ncc(C(F)(F)F)cc2F)CC1. The van der Waals surface area contributed by atoms with Crippen LogP contribution in [0.15, 0.2) is 24.5 Å². The molecule has 2 aromatic heterocycles. The number of piperazine rings is 1. The van der Waals surface area contributed by atoms with Crippen LogP contribution in [0, 0.1) is 11.6 Å². The van der Waals surface area contributed by atoms with Gasteiger partial charge >= 0.3 is 12.4 Å². The van der Waals surface area contributed by atoms with E-state index >= 15 is 0 Å². The molecule has 0 aliphatic carbocycles. The average molecular weight is 412 g/mol. The molecular formula is C16H12F8N4. The van der Waals surface area contributed by atoms with Gasteiger partial charge in [-0.25, -0.2) is 18.7 Å². The van der Waals surface area contributed by atoms with Crippen molar-refractivity contribution in [3.05, 3.63) is 47.3 Å². The van der Waals surface area contributed by atoms with Gasteiger partial charge in [-0.1, -0.05) is 0 Å². The number of halogens is 8. The molecule has 0 atom stereocenters. The molecule has 2 aromatic rings. The number of nitrogens with zero attached hydrogens (tertiary/aromatic N) is 4. The maximum Gasteiger partial charge on any atom is 0.417 e. The molecule has 0 radical (unpaired) electrons. The van der Waals surface area contributed by atoms with Crippen molar-refractivity contribution in [1.29, 1.82) is 0 Å². The number of aromatic nitrogens is 2. The molecule has 3 rings (SSSR count). The molecule has 152 valence electrons. The van der Waals surface area contributed by atoms with E-state index in [-0.39, 0.29) is 37.8 Å². The maximum atomic E-state index is 14.0. The molecule has 0 saturated carbocycles. The minimum atomic E-state index is -4.73. The topological polar surface area (TPSA) is 32.3 Å². The Balaban J connectivity index is 1.71. The van der Waals surface area contributed by atoms with Crippen molar-refractivity contribution >= 4 is 11.6 Å². The summed E-state index contributed by atoms with van der Waals surface area (Å²) in [6, 6.07) is 0.678. The van der Waals surface area contributed by atoms with E-state index in [1.165, 1.54) is 9.80 Å². The first-order valence-electron chi connectivity index (χ1n) is 7.92. The minimum absolute atomic E-state index is 0.0669. The summed E-state index contributed by atoms with van der Waals surface area (Å²) in [5.41, 5.74) is -2.44. The number of alkyl halides is 6. The molecule has 1 saturated heterocycles. The Morgan fingerprint density at radius 3 is 1.21 bits per heavy atom. The lowest BCUT2D eigenvalue weighted by molar-refractivity contribution is -0.138. The van der Waals surface area contributed by atoms with E-state index in [9.17, 15) is 35.1 Å². The molecule has 1 aliphatic rings. The lowest BCUT2D eigenvalue weighted by atomic mass is 10.2. The van der Waals surface area contributed by atoms with E-state index in [0.717, 1.165) is 0 Å². The van der Waals surface area contributed by atoms with E-state index in [1.54, 1.807) is 0 Å². The van der Waals surface area contributed by atoms with Crippen LogP contribution >= 0.6 is 0 Å². The van der Waals surface area contributed by atoms with Gasteiger partial charge in [-0.3, -0.25) is 0 Å². The molecular weight excluding hydrogens is 400 g/mol. The quantitative estimate of drug-likeness (QED) is 0.695. The van der Waals surface area contributed by atoms with Gasteiger partial charge in [0.1, 0.15) is 0 Å². The van der Waals surface area contributed by atoms with Crippen molar-refractivity contribution in [2.24, 2.45) is 0 Å². The zero-order chi connectivity index (χ0) is 20.7. The van der Waals surface area contributed by atoms with Crippen LogP contribution in [0.4, 0.5) is 46.8 Å². The molecule has 0 unspecified atom stereocenters. The maximum absolute atomic E-state index is 14.0. The second kappa shape index (κ2) is 7.06. The third-order valence-corrected chi connectivity index (χ3v) is 4.18. The van der Waals surface area contributed by atoms with Crippen LogP contribution in [-0.2, 0) is 12.4 Å². The number of anilines is 2. The molecule has 28 heavy (non-hydrogen) atoms. The third-order valence-electron chi connectivity index (χ3n) is 4.18. The van der Waals surface area contributed by atoms with Crippen LogP contribution in [0.3, 0.4) is 0 Å². The second-order valence-electron chi connectivity index (χ2n) is 6.03. The minimum Gasteiger partial charge on any atom is -0.351 e. The van der Waals surface area contributed by atoms with Crippen molar-refractivity contribution in [2.45, 2.75) is 12.4 Å². The van der Waals surface area contributed by atoms with Gasteiger partial charge in [0.05, 0.1) is 11.1 Å². The highest BCUT2D eigenvalue weighted by atomic mass is 19.4. The summed E-state index contributed by atoms with van der Waals surface area (Å²) in [5.74, 6) is -2.87. The third kappa shape index (κ3) is 4.09. The van der Waals surface area contributed by atoms with Crippen LogP contribution in [-0.4, -0.2) is 36.1 Å². The van der Waals surface area contributed by atoms with Gasteiger partial charge in [-0.2, -0.15) is 26.3 Å². The number of pyridine rings is 2. The molecule has 3 heterocycles. The molecule has 1 aliphatic heterocycles. The summed E-state index contributed by atoms with van der Waals surface area (Å²) in [7, 11) is 0. The van der Waals surface area contributed by atoms with Crippen LogP contribution < -0.4 is 9.80 Å². The fourth-order valence-electron chi connectivity index (χ4n) is 2.77. The lowest BCUT2D eigenvalue weighted by Crippen LogP contribution is -2.47. The summed E-state index contributed by atoms with van der Waals surface area (Å²) in [4.78, 5) is 9.78. The van der Waals surface area contributed by atoms with Gasteiger partial charge in [0.25, 0.3) is 0 Å². The molecule has 12 heteroatoms. The molecule has 0 bridgehead atoms. The molecule has 1 fully saturated rings. The Labute approximate surface area is 153 Å². The van der Waals surface area contributed by atoms with E-state index < -0.39 is 35.1 Å². The Morgan fingerprint density at radius 2 is 0.964 bits per heavy atom. The van der Waals surface area contributed by atoms with Gasteiger partial charge < -0.3 is 9.80 Å². The highest BCUT2D eigenvalue weighted by Gasteiger charge is 2.34. The summed E-state index contributed by atoms with van der Waals surface area (Å²) in [6.07, 6.45) is -8.42. The lowest BCUT2D eigenvalue weighted by Gasteiger charge is -2.36. The van der Waals surface area contributed by atoms with Crippen molar-refractivity contribution in [1.82, 2.24) is 9.97 Å². The highest BCUT2D eigenvalue weighted by molar-refractivity contribution is 5.47. The first-order chi connectivity index (χ1) is 13.0. The van der Waals surface area contributed by atoms with Gasteiger partial charge in [0.2, 0.25) is 0 Å². The van der Waals surface area contributed by atoms with Crippen molar-refractivity contribution < 1.29 is 35.1 Å². The Kier molecular flexibility index (Phi) is 5.06. The Bertz CT molecular complexity index is 785. The zero-order valence-corrected chi connectivity index (χ0v) is 14.0. The van der Waals surface area contributed by atoms with Crippen molar-refractivity contribution in [3.63, 3.8) is 0 Å². The van der Waals surface area contributed by atoms with Gasteiger partial charge in [-0.05, 0) is 12.1 Å². The van der Waals surface area contributed by atoms with E-state index in [2.05, 4.69) is 9.97 Å². The van der Waals surface area contributed by atoms with Crippen LogP contribution in [0.5, 0.6) is 0 Å². The Morgan fingerprint density at radius 1 is 0.643 bits per heavy atom. The Hall–Kier alpha value is -2.66. The first-order valence-corrected chi connectivity index (χ1v) is 7.92. The van der Waals surface area contributed by atoms with Crippen LogP contribution in [0.1, 0.15) is 11.1 Å². The number of hydrogen-bond acceptors (Lipinski definition) is 4. The summed E-state index contributed by atoms with van der Waals surface area (Å²) >= 11 is 0. The molecule has 4 nitrogen and oxygen atoms in total. The normalized spacial score (nSPS) is 15.9. The standard InChI is InChI=1S/C16H12F8N4/c17-11-5-9(15(19,20)21)7-25-13(11)27-1-2-28(4-3-27)14-12(18)6-10(8-26-14)16(22,23)24/h5-8H,1-4H2. The monoisotopic (exact) mass is 412 g/mol. The number of hydrogen-bond donors (Lipinski definition) is 0. The van der Waals surface area contributed by atoms with Crippen molar-refractivity contribution in [2.75, 3.05) is 36.0 Å². The van der Waals surface area contributed by atoms with Gasteiger partial charge in [0, 0.05) is 38.6 Å². The van der Waals surface area contributed by atoms with Gasteiger partial charge in [0.15, 0.2) is 23.3 Å². The average Bonchev–Trinajstić information content (AvgIpc) is 2.60. The summed E-state index contributed by atoms with van der Waals surface area (Å²) < 4.78 is 104. The number of rotatable bonds is 2.